The molecular formula is C15H19ClNOS-. The maximum absolute atomic E-state index is 5.14. The van der Waals surface area contributed by atoms with Crippen molar-refractivity contribution in [1.29, 1.82) is 0 Å². The molecule has 0 fully saturated rings. The molecule has 1 aromatic heterocycles. The van der Waals surface area contributed by atoms with Crippen molar-refractivity contribution in [3.63, 3.8) is 0 Å². The Morgan fingerprint density at radius 1 is 1.16 bits per heavy atom. The number of ether oxygens (including phenoxy) is 1. The molecule has 0 aliphatic carbocycles. The van der Waals surface area contributed by atoms with Crippen molar-refractivity contribution in [1.82, 2.24) is 5.32 Å². The molecule has 2 rings (SSSR count). The number of nitrogens with one attached hydrogen (secondary N) is 1. The molecule has 0 spiro atoms. The lowest BCUT2D eigenvalue weighted by Crippen LogP contribution is -3.00. The largest absolute Gasteiger partial charge is 1.00 e. The number of methoxy groups -OCH3 is 1. The van der Waals surface area contributed by atoms with Crippen LogP contribution < -0.4 is 22.5 Å². The zero-order chi connectivity index (χ0) is 12.8. The minimum atomic E-state index is 0. The first-order valence-electron chi connectivity index (χ1n) is 6.16. The summed E-state index contributed by atoms with van der Waals surface area (Å²) < 4.78 is 5.14. The molecule has 1 heterocycles. The van der Waals surface area contributed by atoms with Gasteiger partial charge in [-0.15, -0.1) is 11.3 Å². The van der Waals surface area contributed by atoms with Crippen molar-refractivity contribution in [2.24, 2.45) is 0 Å². The maximum Gasteiger partial charge on any atom is 0.118 e. The number of thiophene rings is 1. The van der Waals surface area contributed by atoms with Gasteiger partial charge in [-0.3, -0.25) is 0 Å². The van der Waals surface area contributed by atoms with Crippen LogP contribution in [0.25, 0.3) is 0 Å². The van der Waals surface area contributed by atoms with Crippen molar-refractivity contribution in [2.75, 3.05) is 13.7 Å². The van der Waals surface area contributed by atoms with Crippen LogP contribution in [0.5, 0.6) is 5.75 Å². The summed E-state index contributed by atoms with van der Waals surface area (Å²) in [4.78, 5) is 1.43. The van der Waals surface area contributed by atoms with E-state index in [9.17, 15) is 0 Å². The van der Waals surface area contributed by atoms with Crippen LogP contribution in [0.2, 0.25) is 0 Å². The van der Waals surface area contributed by atoms with Gasteiger partial charge in [0.2, 0.25) is 0 Å². The highest BCUT2D eigenvalue weighted by molar-refractivity contribution is 7.10. The summed E-state index contributed by atoms with van der Waals surface area (Å²) in [6, 6.07) is 10.4. The molecule has 19 heavy (non-hydrogen) atoms. The fourth-order valence-corrected chi connectivity index (χ4v) is 2.69. The first-order chi connectivity index (χ1) is 8.79. The third-order valence-corrected chi connectivity index (χ3v) is 4.03. The highest BCUT2D eigenvalue weighted by Crippen LogP contribution is 2.15. The summed E-state index contributed by atoms with van der Waals surface area (Å²) in [5, 5.41) is 5.63. The van der Waals surface area contributed by atoms with Crippen LogP contribution in [0.1, 0.15) is 16.0 Å². The second-order valence-electron chi connectivity index (χ2n) is 4.30. The topological polar surface area (TPSA) is 21.3 Å². The molecule has 0 amide bonds. The van der Waals surface area contributed by atoms with E-state index in [1.54, 1.807) is 7.11 Å². The van der Waals surface area contributed by atoms with E-state index in [4.69, 9.17) is 4.74 Å². The number of hydrogen-bond donors (Lipinski definition) is 1. The van der Waals surface area contributed by atoms with Crippen LogP contribution in [-0.2, 0) is 13.0 Å². The van der Waals surface area contributed by atoms with Crippen LogP contribution in [0, 0.1) is 6.92 Å². The molecule has 4 heteroatoms. The molecule has 2 aromatic rings. The molecule has 0 radical (unpaired) electrons. The number of halogens is 1. The van der Waals surface area contributed by atoms with Crippen molar-refractivity contribution in [3.05, 3.63) is 51.7 Å². The zero-order valence-electron chi connectivity index (χ0n) is 11.3. The molecule has 0 unspecified atom stereocenters. The van der Waals surface area contributed by atoms with Gasteiger partial charge in [-0.2, -0.15) is 0 Å². The third kappa shape index (κ3) is 4.86. The Bertz CT molecular complexity index is 481. The SMILES string of the molecule is COc1ccc(CCNCc2sccc2C)cc1.[Cl-]. The maximum atomic E-state index is 5.14. The van der Waals surface area contributed by atoms with Gasteiger partial charge in [-0.05, 0) is 54.6 Å². The second kappa shape index (κ2) is 8.20. The number of aryl methyl sites for hydroxylation is 1. The van der Waals surface area contributed by atoms with E-state index in [0.717, 1.165) is 25.3 Å². The number of benzene rings is 1. The Kier molecular flexibility index (Phi) is 6.92. The lowest BCUT2D eigenvalue weighted by atomic mass is 10.1. The molecule has 0 aliphatic rings. The van der Waals surface area contributed by atoms with Gasteiger partial charge in [0, 0.05) is 11.4 Å². The summed E-state index contributed by atoms with van der Waals surface area (Å²) in [6.07, 6.45) is 1.05. The number of rotatable bonds is 6. The predicted octanol–water partition coefficient (Wildman–Crippen LogP) is 0.401. The van der Waals surface area contributed by atoms with Crippen molar-refractivity contribution in [2.45, 2.75) is 19.9 Å². The Morgan fingerprint density at radius 3 is 2.47 bits per heavy atom. The van der Waals surface area contributed by atoms with Crippen LogP contribution in [0.3, 0.4) is 0 Å². The summed E-state index contributed by atoms with van der Waals surface area (Å²) >= 11 is 1.82. The van der Waals surface area contributed by atoms with Gasteiger partial charge < -0.3 is 22.5 Å². The van der Waals surface area contributed by atoms with Crippen LogP contribution in [0.15, 0.2) is 35.7 Å². The van der Waals surface area contributed by atoms with Crippen molar-refractivity contribution < 1.29 is 17.1 Å². The van der Waals surface area contributed by atoms with Gasteiger partial charge in [-0.25, -0.2) is 0 Å². The Labute approximate surface area is 125 Å². The molecule has 104 valence electrons. The van der Waals surface area contributed by atoms with E-state index < -0.39 is 0 Å². The van der Waals surface area contributed by atoms with Gasteiger partial charge in [0.15, 0.2) is 0 Å². The van der Waals surface area contributed by atoms with Crippen LogP contribution >= 0.6 is 11.3 Å². The minimum absolute atomic E-state index is 0. The lowest BCUT2D eigenvalue weighted by molar-refractivity contribution is -0.00000402. The average molecular weight is 297 g/mol. The van der Waals surface area contributed by atoms with Gasteiger partial charge in [0.25, 0.3) is 0 Å². The molecule has 0 bridgehead atoms. The predicted molar refractivity (Wildman–Crippen MR) is 77.5 cm³/mol. The van der Waals surface area contributed by atoms with Crippen molar-refractivity contribution in [3.8, 4) is 5.75 Å². The number of hydrogen-bond acceptors (Lipinski definition) is 3. The van der Waals surface area contributed by atoms with Crippen LogP contribution in [-0.4, -0.2) is 13.7 Å². The summed E-state index contributed by atoms with van der Waals surface area (Å²) in [5.41, 5.74) is 2.73. The fraction of sp³-hybridized carbons (Fsp3) is 0.333. The van der Waals surface area contributed by atoms with Gasteiger partial charge in [0.05, 0.1) is 7.11 Å². The molecule has 1 N–H and O–H groups in total. The van der Waals surface area contributed by atoms with E-state index in [1.165, 1.54) is 16.0 Å². The summed E-state index contributed by atoms with van der Waals surface area (Å²) in [7, 11) is 1.69. The van der Waals surface area contributed by atoms with E-state index in [1.807, 2.05) is 23.5 Å². The monoisotopic (exact) mass is 296 g/mol. The fourth-order valence-electron chi connectivity index (χ4n) is 1.81. The molecule has 0 aliphatic heterocycles. The standard InChI is InChI=1S/C15H19NOS.ClH/c1-12-8-10-18-15(12)11-16-9-7-13-3-5-14(17-2)6-4-13;/h3-6,8,10,16H,7,9,11H2,1-2H3;1H/p-1. The summed E-state index contributed by atoms with van der Waals surface area (Å²) in [5.74, 6) is 0.918. The van der Waals surface area contributed by atoms with Gasteiger partial charge in [0.1, 0.15) is 5.75 Å². The molecular weight excluding hydrogens is 278 g/mol. The second-order valence-corrected chi connectivity index (χ2v) is 5.30. The molecule has 0 atom stereocenters. The molecule has 0 saturated carbocycles. The normalized spacial score (nSPS) is 10.0. The van der Waals surface area contributed by atoms with Crippen LogP contribution in [0.4, 0.5) is 0 Å². The Morgan fingerprint density at radius 2 is 1.89 bits per heavy atom. The van der Waals surface area contributed by atoms with E-state index in [-0.39, 0.29) is 12.4 Å². The molecule has 0 saturated heterocycles. The summed E-state index contributed by atoms with van der Waals surface area (Å²) in [6.45, 7) is 4.14. The average Bonchev–Trinajstić information content (AvgIpc) is 2.81. The van der Waals surface area contributed by atoms with E-state index in [2.05, 4.69) is 35.8 Å². The van der Waals surface area contributed by atoms with Gasteiger partial charge in [-0.1, -0.05) is 12.1 Å². The van der Waals surface area contributed by atoms with Crippen molar-refractivity contribution >= 4 is 11.3 Å². The lowest BCUT2D eigenvalue weighted by Gasteiger charge is -2.05. The quantitative estimate of drug-likeness (QED) is 0.779. The highest BCUT2D eigenvalue weighted by Gasteiger charge is 1.99. The highest BCUT2D eigenvalue weighted by atomic mass is 35.5. The van der Waals surface area contributed by atoms with Gasteiger partial charge >= 0.3 is 0 Å². The Balaban J connectivity index is 0.00000180. The Hall–Kier alpha value is -1.03. The van der Waals surface area contributed by atoms with E-state index >= 15 is 0 Å². The smallest absolute Gasteiger partial charge is 0.118 e. The van der Waals surface area contributed by atoms with E-state index in [0.29, 0.717) is 0 Å². The minimum Gasteiger partial charge on any atom is -1.00 e. The first kappa shape index (κ1) is 16.0. The molecule has 1 aromatic carbocycles. The first-order valence-corrected chi connectivity index (χ1v) is 7.04. The third-order valence-electron chi connectivity index (χ3n) is 3.00. The molecule has 2 nitrogen and oxygen atoms in total. The zero-order valence-corrected chi connectivity index (χ0v) is 12.9.